The molecule has 0 saturated carbocycles. The van der Waals surface area contributed by atoms with Gasteiger partial charge >= 0.3 is 0 Å². The van der Waals surface area contributed by atoms with E-state index in [1.807, 2.05) is 0 Å². The number of hydrogen-bond acceptors (Lipinski definition) is 3. The van der Waals surface area contributed by atoms with Crippen LogP contribution in [0.1, 0.15) is 19.8 Å². The number of hydrogen-bond donors (Lipinski definition) is 2. The fourth-order valence-electron chi connectivity index (χ4n) is 1.47. The van der Waals surface area contributed by atoms with Gasteiger partial charge in [-0.25, -0.2) is 21.9 Å². The minimum atomic E-state index is -3.95. The van der Waals surface area contributed by atoms with E-state index in [0.29, 0.717) is 18.9 Å². The maximum atomic E-state index is 12.9. The van der Waals surface area contributed by atoms with Crippen molar-refractivity contribution in [3.8, 4) is 0 Å². The van der Waals surface area contributed by atoms with Crippen LogP contribution in [0, 0.1) is 11.6 Å². The molecule has 0 radical (unpaired) electrons. The molecule has 7 heteroatoms. The lowest BCUT2D eigenvalue weighted by atomic mass is 10.2. The smallest absolute Gasteiger partial charge is 0.241 e. The molecule has 2 N–H and O–H groups in total. The first kappa shape index (κ1) is 15.0. The third-order valence-electron chi connectivity index (χ3n) is 2.30. The minimum Gasteiger partial charge on any atom is -0.396 e. The van der Waals surface area contributed by atoms with E-state index in [-0.39, 0.29) is 6.61 Å². The maximum absolute atomic E-state index is 12.9. The summed E-state index contributed by atoms with van der Waals surface area (Å²) >= 11 is 0. The monoisotopic (exact) mass is 279 g/mol. The van der Waals surface area contributed by atoms with Crippen LogP contribution in [0.15, 0.2) is 23.1 Å². The van der Waals surface area contributed by atoms with Gasteiger partial charge in [0.2, 0.25) is 10.0 Å². The van der Waals surface area contributed by atoms with E-state index in [1.165, 1.54) is 0 Å². The van der Waals surface area contributed by atoms with Crippen LogP contribution >= 0.6 is 0 Å². The van der Waals surface area contributed by atoms with Crippen molar-refractivity contribution in [2.45, 2.75) is 30.7 Å². The van der Waals surface area contributed by atoms with Crippen molar-refractivity contribution in [1.29, 1.82) is 0 Å². The normalized spacial score (nSPS) is 13.6. The zero-order valence-electron chi connectivity index (χ0n) is 9.86. The second-order valence-electron chi connectivity index (χ2n) is 3.99. The van der Waals surface area contributed by atoms with Gasteiger partial charge in [-0.1, -0.05) is 0 Å². The predicted octanol–water partition coefficient (Wildman–Crippen LogP) is 1.40. The highest BCUT2D eigenvalue weighted by Gasteiger charge is 2.18. The summed E-state index contributed by atoms with van der Waals surface area (Å²) in [7, 11) is -3.95. The van der Waals surface area contributed by atoms with Crippen molar-refractivity contribution in [3.63, 3.8) is 0 Å². The van der Waals surface area contributed by atoms with E-state index < -0.39 is 32.6 Å². The molecule has 1 rings (SSSR count). The van der Waals surface area contributed by atoms with Crippen LogP contribution in [-0.4, -0.2) is 26.2 Å². The fraction of sp³-hybridized carbons (Fsp3) is 0.455. The van der Waals surface area contributed by atoms with Crippen LogP contribution in [0.5, 0.6) is 0 Å². The summed E-state index contributed by atoms with van der Waals surface area (Å²) in [6, 6.07) is 1.69. The van der Waals surface area contributed by atoms with Gasteiger partial charge in [0, 0.05) is 18.7 Å². The van der Waals surface area contributed by atoms with Crippen LogP contribution < -0.4 is 4.72 Å². The van der Waals surface area contributed by atoms with Crippen molar-refractivity contribution >= 4 is 10.0 Å². The van der Waals surface area contributed by atoms with Crippen LogP contribution in [0.4, 0.5) is 8.78 Å². The van der Waals surface area contributed by atoms with Gasteiger partial charge in [-0.2, -0.15) is 0 Å². The summed E-state index contributed by atoms with van der Waals surface area (Å²) in [6.45, 7) is 1.57. The van der Waals surface area contributed by atoms with Crippen LogP contribution in [0.3, 0.4) is 0 Å². The predicted molar refractivity (Wildman–Crippen MR) is 62.5 cm³/mol. The number of benzene rings is 1. The average molecular weight is 279 g/mol. The Morgan fingerprint density at radius 1 is 1.28 bits per heavy atom. The molecule has 0 bridgehead atoms. The highest BCUT2D eigenvalue weighted by atomic mass is 32.2. The number of halogens is 2. The molecule has 0 heterocycles. The van der Waals surface area contributed by atoms with Crippen LogP contribution in [0.2, 0.25) is 0 Å². The van der Waals surface area contributed by atoms with E-state index in [9.17, 15) is 17.2 Å². The number of nitrogens with one attached hydrogen (secondary N) is 1. The SMILES string of the molecule is CC(CCCO)NS(=O)(=O)c1cc(F)cc(F)c1. The van der Waals surface area contributed by atoms with Gasteiger partial charge in [-0.05, 0) is 31.9 Å². The van der Waals surface area contributed by atoms with Crippen molar-refractivity contribution in [2.24, 2.45) is 0 Å². The van der Waals surface area contributed by atoms with E-state index in [2.05, 4.69) is 4.72 Å². The summed E-state index contributed by atoms with van der Waals surface area (Å²) in [5.41, 5.74) is 0. The number of sulfonamides is 1. The van der Waals surface area contributed by atoms with Crippen molar-refractivity contribution in [1.82, 2.24) is 4.72 Å². The van der Waals surface area contributed by atoms with E-state index in [1.54, 1.807) is 6.92 Å². The molecule has 0 amide bonds. The molecule has 0 aliphatic rings. The molecule has 18 heavy (non-hydrogen) atoms. The Morgan fingerprint density at radius 3 is 2.33 bits per heavy atom. The Bertz CT molecular complexity index is 485. The van der Waals surface area contributed by atoms with Crippen molar-refractivity contribution < 1.29 is 22.3 Å². The van der Waals surface area contributed by atoms with Crippen LogP contribution in [0.25, 0.3) is 0 Å². The molecule has 0 aliphatic heterocycles. The molecule has 0 fully saturated rings. The van der Waals surface area contributed by atoms with Crippen molar-refractivity contribution in [3.05, 3.63) is 29.8 Å². The van der Waals surface area contributed by atoms with Gasteiger partial charge in [0.1, 0.15) is 11.6 Å². The fourth-order valence-corrected chi connectivity index (χ4v) is 2.79. The van der Waals surface area contributed by atoms with Gasteiger partial charge in [0.25, 0.3) is 0 Å². The maximum Gasteiger partial charge on any atom is 0.241 e. The highest BCUT2D eigenvalue weighted by molar-refractivity contribution is 7.89. The minimum absolute atomic E-state index is 0.0410. The highest BCUT2D eigenvalue weighted by Crippen LogP contribution is 2.14. The molecule has 1 atom stereocenters. The Labute approximate surface area is 105 Å². The second-order valence-corrected chi connectivity index (χ2v) is 5.71. The zero-order valence-corrected chi connectivity index (χ0v) is 10.7. The summed E-state index contributed by atoms with van der Waals surface area (Å²) in [6.07, 6.45) is 0.884. The molecule has 0 spiro atoms. The lowest BCUT2D eigenvalue weighted by Gasteiger charge is -2.13. The third kappa shape index (κ3) is 4.32. The lowest BCUT2D eigenvalue weighted by Crippen LogP contribution is -2.32. The van der Waals surface area contributed by atoms with Gasteiger partial charge < -0.3 is 5.11 Å². The first-order valence-electron chi connectivity index (χ1n) is 5.44. The summed E-state index contributed by atoms with van der Waals surface area (Å²) in [5.74, 6) is -1.89. The second kappa shape index (κ2) is 6.21. The quantitative estimate of drug-likeness (QED) is 0.827. The van der Waals surface area contributed by atoms with Gasteiger partial charge in [-0.3, -0.25) is 0 Å². The molecular weight excluding hydrogens is 264 g/mol. The summed E-state index contributed by atoms with van der Waals surface area (Å²) in [5, 5.41) is 8.63. The molecule has 0 aliphatic carbocycles. The first-order chi connectivity index (χ1) is 8.35. The molecule has 0 aromatic heterocycles. The van der Waals surface area contributed by atoms with E-state index in [0.717, 1.165) is 12.1 Å². The average Bonchev–Trinajstić information content (AvgIpc) is 2.24. The zero-order chi connectivity index (χ0) is 13.8. The standard InChI is InChI=1S/C11H15F2NO3S/c1-8(3-2-4-15)14-18(16,17)11-6-9(12)5-10(13)7-11/h5-8,14-15H,2-4H2,1H3. The lowest BCUT2D eigenvalue weighted by molar-refractivity contribution is 0.279. The Balaban J connectivity index is 2.86. The van der Waals surface area contributed by atoms with E-state index in [4.69, 9.17) is 5.11 Å². The summed E-state index contributed by atoms with van der Waals surface area (Å²) in [4.78, 5) is -0.448. The first-order valence-corrected chi connectivity index (χ1v) is 6.93. The van der Waals surface area contributed by atoms with Crippen LogP contribution in [-0.2, 0) is 10.0 Å². The molecule has 0 saturated heterocycles. The molecule has 102 valence electrons. The largest absolute Gasteiger partial charge is 0.396 e. The molecule has 1 unspecified atom stereocenters. The van der Waals surface area contributed by atoms with Gasteiger partial charge in [0.15, 0.2) is 0 Å². The Hall–Kier alpha value is -1.05. The molecule has 1 aromatic carbocycles. The van der Waals surface area contributed by atoms with Crippen molar-refractivity contribution in [2.75, 3.05) is 6.61 Å². The molecular formula is C11H15F2NO3S. The number of aliphatic hydroxyl groups excluding tert-OH is 1. The Kier molecular flexibility index (Phi) is 5.18. The van der Waals surface area contributed by atoms with E-state index >= 15 is 0 Å². The van der Waals surface area contributed by atoms with Gasteiger partial charge in [0.05, 0.1) is 4.90 Å². The van der Waals surface area contributed by atoms with Gasteiger partial charge in [-0.15, -0.1) is 0 Å². The number of aliphatic hydroxyl groups is 1. The number of rotatable bonds is 6. The Morgan fingerprint density at radius 2 is 1.83 bits per heavy atom. The summed E-state index contributed by atoms with van der Waals surface area (Å²) < 4.78 is 51.8. The topological polar surface area (TPSA) is 66.4 Å². The molecule has 1 aromatic rings. The third-order valence-corrected chi connectivity index (χ3v) is 3.87. The molecule has 4 nitrogen and oxygen atoms in total.